The summed E-state index contributed by atoms with van der Waals surface area (Å²) in [7, 11) is 1.55. The molecule has 0 radical (unpaired) electrons. The molecule has 282 valence electrons. The second-order valence-corrected chi connectivity index (χ2v) is 14.9. The first-order chi connectivity index (χ1) is 25.3. The van der Waals surface area contributed by atoms with E-state index >= 15 is 0 Å². The van der Waals surface area contributed by atoms with Crippen molar-refractivity contribution in [1.29, 1.82) is 0 Å². The van der Waals surface area contributed by atoms with E-state index in [1.165, 1.54) is 16.7 Å². The summed E-state index contributed by atoms with van der Waals surface area (Å²) in [6.45, 7) is 5.05. The van der Waals surface area contributed by atoms with Crippen molar-refractivity contribution in [2.45, 2.75) is 87.9 Å². The lowest BCUT2D eigenvalue weighted by molar-refractivity contribution is -0.172. The molecule has 3 amide bonds. The lowest BCUT2D eigenvalue weighted by atomic mass is 9.99. The van der Waals surface area contributed by atoms with Gasteiger partial charge in [0.1, 0.15) is 35.4 Å². The van der Waals surface area contributed by atoms with Crippen LogP contribution in [0.4, 0.5) is 4.79 Å². The number of aliphatic hydroxyl groups is 1. The van der Waals surface area contributed by atoms with Crippen LogP contribution in [0.5, 0.6) is 5.75 Å². The van der Waals surface area contributed by atoms with Gasteiger partial charge in [-0.15, -0.1) is 11.8 Å². The van der Waals surface area contributed by atoms with Gasteiger partial charge in [-0.2, -0.15) is 0 Å². The number of alkyl carbamates (subject to hydrolysis) is 1. The summed E-state index contributed by atoms with van der Waals surface area (Å²) in [6, 6.07) is 22.1. The fourth-order valence-electron chi connectivity index (χ4n) is 5.99. The number of fused-ring (bicyclic) bond motifs is 1. The lowest BCUT2D eigenvalue weighted by Crippen LogP contribution is -2.76. The summed E-state index contributed by atoms with van der Waals surface area (Å²) in [4.78, 5) is 67.0. The summed E-state index contributed by atoms with van der Waals surface area (Å²) in [6.07, 6.45) is -2.58. The lowest BCUT2D eigenvalue weighted by Gasteiger charge is -2.53. The number of β-lactam (4-membered cyclic amide) rings is 1. The number of ether oxygens (including phenoxy) is 4. The van der Waals surface area contributed by atoms with Crippen LogP contribution >= 0.6 is 11.8 Å². The molecule has 3 aromatic rings. The molecule has 0 spiro atoms. The predicted octanol–water partition coefficient (Wildman–Crippen LogP) is 4.26. The van der Waals surface area contributed by atoms with Gasteiger partial charge >= 0.3 is 18.0 Å². The summed E-state index contributed by atoms with van der Waals surface area (Å²) in [5.74, 6) is -1.60. The molecule has 13 nitrogen and oxygen atoms in total. The molecule has 14 heteroatoms. The number of rotatable bonds is 14. The largest absolute Gasteiger partial charge is 0.497 e. The molecule has 2 saturated heterocycles. The molecule has 2 fully saturated rings. The number of amides is 3. The number of benzene rings is 3. The second kappa shape index (κ2) is 17.6. The van der Waals surface area contributed by atoms with E-state index in [4.69, 9.17) is 18.9 Å². The van der Waals surface area contributed by atoms with Crippen LogP contribution in [0.2, 0.25) is 0 Å². The van der Waals surface area contributed by atoms with Gasteiger partial charge in [-0.25, -0.2) is 14.4 Å². The van der Waals surface area contributed by atoms with Crippen LogP contribution in [0.25, 0.3) is 0 Å². The van der Waals surface area contributed by atoms with Gasteiger partial charge in [-0.3, -0.25) is 9.59 Å². The standard InChI is InChI=1S/C39H45N3O10S/c1-39(2,3)52-38(48)40-28(36(46)51-33(25-12-7-5-8-13-25)26-14-9-6-10-15-26)16-11-17-30(44)41-31-34(45)42-32(29(43)23-53-35(31)42)37(47)50-22-24-18-20-27(49-4)21-19-24/h5-10,12-15,18-21,28-29,31-33,35,43H,11,16-17,22-23H2,1-4H3,(H,40,48)(H,41,44)/t28?,29?,31-,32?,35-/m1/s1. The van der Waals surface area contributed by atoms with Gasteiger partial charge < -0.3 is 39.6 Å². The number of esters is 2. The fraction of sp³-hybridized carbons (Fsp3) is 0.410. The van der Waals surface area contributed by atoms with E-state index in [1.54, 1.807) is 52.1 Å². The number of carbonyl (C=O) groups is 5. The number of nitrogens with one attached hydrogen (secondary N) is 2. The Balaban J connectivity index is 1.18. The number of methoxy groups -OCH3 is 1. The maximum absolute atomic E-state index is 13.7. The highest BCUT2D eigenvalue weighted by molar-refractivity contribution is 8.00. The minimum absolute atomic E-state index is 0.0407. The number of hydrogen-bond donors (Lipinski definition) is 3. The third-order valence-corrected chi connectivity index (χ3v) is 9.97. The molecule has 0 aromatic heterocycles. The Morgan fingerprint density at radius 2 is 1.57 bits per heavy atom. The van der Waals surface area contributed by atoms with Crippen molar-refractivity contribution in [3.8, 4) is 5.75 Å². The highest BCUT2D eigenvalue weighted by atomic mass is 32.2. The minimum Gasteiger partial charge on any atom is -0.497 e. The number of aliphatic hydroxyl groups excluding tert-OH is 1. The molecule has 3 aromatic carbocycles. The normalized spacial score (nSPS) is 20.0. The molecule has 3 N–H and O–H groups in total. The number of nitrogens with zero attached hydrogens (tertiary/aromatic N) is 1. The maximum Gasteiger partial charge on any atom is 0.408 e. The molecule has 5 rings (SSSR count). The van der Waals surface area contributed by atoms with Crippen molar-refractivity contribution in [3.05, 3.63) is 102 Å². The van der Waals surface area contributed by atoms with Gasteiger partial charge in [0.25, 0.3) is 0 Å². The minimum atomic E-state index is -1.21. The summed E-state index contributed by atoms with van der Waals surface area (Å²) in [5, 5.41) is 15.4. The van der Waals surface area contributed by atoms with E-state index in [1.807, 2.05) is 60.7 Å². The van der Waals surface area contributed by atoms with Gasteiger partial charge in [0, 0.05) is 12.2 Å². The highest BCUT2D eigenvalue weighted by Gasteiger charge is 2.58. The van der Waals surface area contributed by atoms with Crippen molar-refractivity contribution in [2.75, 3.05) is 12.9 Å². The third-order valence-electron chi connectivity index (χ3n) is 8.59. The summed E-state index contributed by atoms with van der Waals surface area (Å²) < 4.78 is 22.0. The van der Waals surface area contributed by atoms with Gasteiger partial charge in [0.05, 0.1) is 13.2 Å². The van der Waals surface area contributed by atoms with Crippen LogP contribution in [0.1, 0.15) is 62.8 Å². The molecule has 3 unspecified atom stereocenters. The Labute approximate surface area is 312 Å². The topological polar surface area (TPSA) is 170 Å². The molecular formula is C39H45N3O10S. The van der Waals surface area contributed by atoms with Crippen molar-refractivity contribution in [2.24, 2.45) is 0 Å². The van der Waals surface area contributed by atoms with Crippen LogP contribution < -0.4 is 15.4 Å². The molecule has 2 heterocycles. The molecule has 0 aliphatic carbocycles. The van der Waals surface area contributed by atoms with Crippen LogP contribution in [-0.2, 0) is 40.0 Å². The predicted molar refractivity (Wildman–Crippen MR) is 195 cm³/mol. The van der Waals surface area contributed by atoms with Crippen LogP contribution in [0.3, 0.4) is 0 Å². The van der Waals surface area contributed by atoms with Gasteiger partial charge in [-0.1, -0.05) is 72.8 Å². The molecule has 2 aliphatic rings. The Morgan fingerprint density at radius 1 is 0.943 bits per heavy atom. The number of thioether (sulfide) groups is 1. The first-order valence-electron chi connectivity index (χ1n) is 17.4. The van der Waals surface area contributed by atoms with Crippen molar-refractivity contribution in [3.63, 3.8) is 0 Å². The highest BCUT2D eigenvalue weighted by Crippen LogP contribution is 2.39. The zero-order valence-electron chi connectivity index (χ0n) is 30.1. The maximum atomic E-state index is 13.7. The average molecular weight is 748 g/mol. The Kier molecular flexibility index (Phi) is 13.0. The summed E-state index contributed by atoms with van der Waals surface area (Å²) >= 11 is 1.26. The zero-order valence-corrected chi connectivity index (χ0v) is 30.9. The molecule has 5 atom stereocenters. The third kappa shape index (κ3) is 10.3. The fourth-order valence-corrected chi connectivity index (χ4v) is 7.34. The Bertz CT molecular complexity index is 1700. The van der Waals surface area contributed by atoms with Crippen molar-refractivity contribution in [1.82, 2.24) is 15.5 Å². The first kappa shape index (κ1) is 39.1. The monoisotopic (exact) mass is 747 g/mol. The van der Waals surface area contributed by atoms with E-state index in [9.17, 15) is 29.1 Å². The second-order valence-electron chi connectivity index (χ2n) is 13.7. The Morgan fingerprint density at radius 3 is 2.15 bits per heavy atom. The quantitative estimate of drug-likeness (QED) is 0.122. The van der Waals surface area contributed by atoms with Crippen molar-refractivity contribution < 1.29 is 48.0 Å². The van der Waals surface area contributed by atoms with E-state index in [0.717, 1.165) is 11.1 Å². The smallest absolute Gasteiger partial charge is 0.408 e. The van der Waals surface area contributed by atoms with E-state index < -0.39 is 71.2 Å². The van der Waals surface area contributed by atoms with Gasteiger partial charge in [0.2, 0.25) is 11.8 Å². The summed E-state index contributed by atoms with van der Waals surface area (Å²) in [5.41, 5.74) is 1.36. The van der Waals surface area contributed by atoms with Crippen LogP contribution in [-0.4, -0.2) is 87.9 Å². The molecule has 53 heavy (non-hydrogen) atoms. The van der Waals surface area contributed by atoms with Crippen molar-refractivity contribution >= 4 is 41.6 Å². The average Bonchev–Trinajstić information content (AvgIpc) is 3.14. The molecule has 0 bridgehead atoms. The van der Waals surface area contributed by atoms with E-state index in [-0.39, 0.29) is 31.6 Å². The van der Waals surface area contributed by atoms with Gasteiger partial charge in [-0.05, 0) is 62.4 Å². The SMILES string of the molecule is COc1ccc(COC(=O)C2C(O)CS[C@@H]3[C@H](NC(=O)CCCC(NC(=O)OC(C)(C)C)C(=O)OC(c4ccccc4)c4ccccc4)C(=O)N23)cc1. The van der Waals surface area contributed by atoms with Crippen LogP contribution in [0.15, 0.2) is 84.9 Å². The molecular weight excluding hydrogens is 703 g/mol. The zero-order chi connectivity index (χ0) is 38.1. The van der Waals surface area contributed by atoms with Gasteiger partial charge in [0.15, 0.2) is 12.1 Å². The molecule has 0 saturated carbocycles. The Hall–Kier alpha value is -5.08. The first-order valence-corrected chi connectivity index (χ1v) is 18.4. The van der Waals surface area contributed by atoms with E-state index in [0.29, 0.717) is 11.3 Å². The van der Waals surface area contributed by atoms with E-state index in [2.05, 4.69) is 10.6 Å². The number of hydrogen-bond acceptors (Lipinski definition) is 11. The molecule has 2 aliphatic heterocycles. The van der Waals surface area contributed by atoms with Crippen LogP contribution in [0, 0.1) is 0 Å². The number of carbonyl (C=O) groups excluding carboxylic acids is 5.